The molecule has 1 aliphatic carbocycles. The first-order chi connectivity index (χ1) is 16.5. The molecule has 174 valence electrons. The van der Waals surface area contributed by atoms with E-state index in [0.29, 0.717) is 31.0 Å². The Balaban J connectivity index is 1.24. The van der Waals surface area contributed by atoms with Crippen LogP contribution in [0.4, 0.5) is 16.0 Å². The highest BCUT2D eigenvalue weighted by molar-refractivity contribution is 5.92. The third-order valence-electron chi connectivity index (χ3n) is 5.99. The molecule has 0 saturated heterocycles. The van der Waals surface area contributed by atoms with Gasteiger partial charge in [-0.1, -0.05) is 17.3 Å². The molecule has 0 atom stereocenters. The molecule has 34 heavy (non-hydrogen) atoms. The standard InChI is InChI=1S/C23H23FN8O2/c1-14-9-16(19-25-13-26-22(30-19)28-17-10-27-32(2)11-17)4-3-15(14)5-6-18(33)20-29-21(34-31-20)23(12-24)7-8-23/h3-4,9-11,13H,5-8,12H2,1-2H3,(H,25,26,28,30). The summed E-state index contributed by atoms with van der Waals surface area (Å²) in [5.41, 5.74) is 2.98. The first-order valence-corrected chi connectivity index (χ1v) is 10.9. The quantitative estimate of drug-likeness (QED) is 0.372. The van der Waals surface area contributed by atoms with Gasteiger partial charge in [0.1, 0.15) is 13.0 Å². The zero-order valence-corrected chi connectivity index (χ0v) is 18.8. The fraction of sp³-hybridized carbons (Fsp3) is 0.348. The van der Waals surface area contributed by atoms with E-state index in [2.05, 4.69) is 35.5 Å². The summed E-state index contributed by atoms with van der Waals surface area (Å²) in [7, 11) is 1.83. The highest BCUT2D eigenvalue weighted by Crippen LogP contribution is 2.47. The van der Waals surface area contributed by atoms with Gasteiger partial charge in [0.05, 0.1) is 17.3 Å². The smallest absolute Gasteiger partial charge is 0.238 e. The Morgan fingerprint density at radius 2 is 2.12 bits per heavy atom. The predicted molar refractivity (Wildman–Crippen MR) is 120 cm³/mol. The molecule has 1 N–H and O–H groups in total. The van der Waals surface area contributed by atoms with Crippen LogP contribution in [0.15, 0.2) is 41.4 Å². The topological polar surface area (TPSA) is 125 Å². The van der Waals surface area contributed by atoms with Gasteiger partial charge in [0.25, 0.3) is 0 Å². The summed E-state index contributed by atoms with van der Waals surface area (Å²) >= 11 is 0. The number of nitrogens with one attached hydrogen (secondary N) is 1. The highest BCUT2D eigenvalue weighted by atomic mass is 19.1. The van der Waals surface area contributed by atoms with Crippen LogP contribution in [0.3, 0.4) is 0 Å². The number of halogens is 1. The van der Waals surface area contributed by atoms with Crippen molar-refractivity contribution >= 4 is 17.4 Å². The van der Waals surface area contributed by atoms with Crippen molar-refractivity contribution in [2.45, 2.75) is 38.0 Å². The van der Waals surface area contributed by atoms with Crippen LogP contribution in [-0.4, -0.2) is 47.3 Å². The zero-order valence-electron chi connectivity index (χ0n) is 18.8. The fourth-order valence-corrected chi connectivity index (χ4v) is 3.69. The van der Waals surface area contributed by atoms with Crippen LogP contribution in [0.1, 0.15) is 46.9 Å². The number of hydrogen-bond donors (Lipinski definition) is 1. The Hall–Kier alpha value is -4.02. The maximum atomic E-state index is 13.2. The lowest BCUT2D eigenvalue weighted by Gasteiger charge is -2.08. The van der Waals surface area contributed by atoms with Crippen molar-refractivity contribution in [1.29, 1.82) is 0 Å². The number of carbonyl (C=O) groups excluding carboxylic acids is 1. The molecule has 1 saturated carbocycles. The molecule has 0 amide bonds. The maximum Gasteiger partial charge on any atom is 0.238 e. The Morgan fingerprint density at radius 1 is 1.26 bits per heavy atom. The van der Waals surface area contributed by atoms with Crippen LogP contribution in [-0.2, 0) is 18.9 Å². The van der Waals surface area contributed by atoms with E-state index in [1.165, 1.54) is 6.33 Å². The number of anilines is 2. The monoisotopic (exact) mass is 462 g/mol. The lowest BCUT2D eigenvalue weighted by molar-refractivity contribution is 0.0970. The summed E-state index contributed by atoms with van der Waals surface area (Å²) in [5, 5.41) is 11.0. The van der Waals surface area contributed by atoms with Gasteiger partial charge in [0.15, 0.2) is 5.82 Å². The van der Waals surface area contributed by atoms with Crippen molar-refractivity contribution in [2.75, 3.05) is 12.0 Å². The Bertz CT molecular complexity index is 1340. The van der Waals surface area contributed by atoms with E-state index in [9.17, 15) is 9.18 Å². The molecular formula is C23H23FN8O2. The number of aryl methyl sites for hydroxylation is 3. The summed E-state index contributed by atoms with van der Waals surface area (Å²) in [4.78, 5) is 29.6. The van der Waals surface area contributed by atoms with Gasteiger partial charge < -0.3 is 9.84 Å². The maximum absolute atomic E-state index is 13.2. The van der Waals surface area contributed by atoms with Gasteiger partial charge >= 0.3 is 0 Å². The molecule has 4 aromatic rings. The molecule has 0 bridgehead atoms. The first kappa shape index (κ1) is 21.8. The second kappa shape index (κ2) is 8.73. The number of rotatable bonds is 9. The van der Waals surface area contributed by atoms with E-state index < -0.39 is 12.1 Å². The summed E-state index contributed by atoms with van der Waals surface area (Å²) in [6.45, 7) is 1.43. The van der Waals surface area contributed by atoms with E-state index in [1.807, 2.05) is 38.4 Å². The van der Waals surface area contributed by atoms with E-state index in [1.54, 1.807) is 10.9 Å². The molecule has 3 aromatic heterocycles. The van der Waals surface area contributed by atoms with Crippen LogP contribution >= 0.6 is 0 Å². The molecule has 1 aromatic carbocycles. The van der Waals surface area contributed by atoms with E-state index in [4.69, 9.17) is 4.52 Å². The third-order valence-corrected chi connectivity index (χ3v) is 5.99. The minimum Gasteiger partial charge on any atom is -0.338 e. The van der Waals surface area contributed by atoms with Crippen molar-refractivity contribution in [3.8, 4) is 11.4 Å². The molecule has 1 fully saturated rings. The SMILES string of the molecule is Cc1cc(-c2ncnc(Nc3cnn(C)c3)n2)ccc1CCC(=O)c1noc(C2(CF)CC2)n1. The summed E-state index contributed by atoms with van der Waals surface area (Å²) in [6.07, 6.45) is 7.06. The van der Waals surface area contributed by atoms with E-state index >= 15 is 0 Å². The van der Waals surface area contributed by atoms with Crippen molar-refractivity contribution < 1.29 is 13.7 Å². The van der Waals surface area contributed by atoms with Crippen LogP contribution in [0.5, 0.6) is 0 Å². The van der Waals surface area contributed by atoms with Crippen molar-refractivity contribution in [3.05, 3.63) is 59.8 Å². The van der Waals surface area contributed by atoms with Gasteiger partial charge in [-0.05, 0) is 43.4 Å². The predicted octanol–water partition coefficient (Wildman–Crippen LogP) is 3.52. The fourth-order valence-electron chi connectivity index (χ4n) is 3.69. The number of hydrogen-bond acceptors (Lipinski definition) is 9. The molecule has 3 heterocycles. The van der Waals surface area contributed by atoms with Gasteiger partial charge in [-0.25, -0.2) is 14.4 Å². The normalized spacial score (nSPS) is 14.2. The molecule has 5 rings (SSSR count). The molecular weight excluding hydrogens is 439 g/mol. The first-order valence-electron chi connectivity index (χ1n) is 10.9. The zero-order chi connectivity index (χ0) is 23.7. The van der Waals surface area contributed by atoms with Gasteiger partial charge in [-0.15, -0.1) is 0 Å². The Morgan fingerprint density at radius 3 is 2.82 bits per heavy atom. The van der Waals surface area contributed by atoms with Crippen LogP contribution in [0.2, 0.25) is 0 Å². The molecule has 1 aliphatic rings. The minimum atomic E-state index is -0.666. The lowest BCUT2D eigenvalue weighted by Crippen LogP contribution is -2.10. The minimum absolute atomic E-state index is 0.0165. The second-order valence-corrected chi connectivity index (χ2v) is 8.56. The Kier molecular flexibility index (Phi) is 5.60. The van der Waals surface area contributed by atoms with Gasteiger partial charge in [0, 0.05) is 25.2 Å². The van der Waals surface area contributed by atoms with Gasteiger partial charge in [-0.2, -0.15) is 15.1 Å². The van der Waals surface area contributed by atoms with Gasteiger partial charge in [-0.3, -0.25) is 9.48 Å². The highest BCUT2D eigenvalue weighted by Gasteiger charge is 2.50. The van der Waals surface area contributed by atoms with Crippen LogP contribution in [0, 0.1) is 6.92 Å². The van der Waals surface area contributed by atoms with Crippen LogP contribution in [0.25, 0.3) is 11.4 Å². The molecule has 11 heteroatoms. The summed E-state index contributed by atoms with van der Waals surface area (Å²) in [5.74, 6) is 0.979. The lowest BCUT2D eigenvalue weighted by atomic mass is 9.99. The largest absolute Gasteiger partial charge is 0.338 e. The van der Waals surface area contributed by atoms with Crippen molar-refractivity contribution in [2.24, 2.45) is 7.05 Å². The third kappa shape index (κ3) is 4.41. The number of ketones is 1. The summed E-state index contributed by atoms with van der Waals surface area (Å²) in [6, 6.07) is 5.86. The average Bonchev–Trinajstić information content (AvgIpc) is 3.27. The number of benzene rings is 1. The number of Topliss-reactive ketones (excluding diaryl/α,β-unsaturated/α-hetero) is 1. The van der Waals surface area contributed by atoms with E-state index in [0.717, 1.165) is 22.4 Å². The molecule has 0 spiro atoms. The molecule has 0 aliphatic heterocycles. The van der Waals surface area contributed by atoms with Crippen molar-refractivity contribution in [1.82, 2.24) is 34.9 Å². The number of aromatic nitrogens is 7. The van der Waals surface area contributed by atoms with Crippen LogP contribution < -0.4 is 5.32 Å². The van der Waals surface area contributed by atoms with E-state index in [-0.39, 0.29) is 23.9 Å². The molecule has 0 unspecified atom stereocenters. The average molecular weight is 462 g/mol. The van der Waals surface area contributed by atoms with Crippen molar-refractivity contribution in [3.63, 3.8) is 0 Å². The Labute approximate surface area is 194 Å². The molecule has 10 nitrogen and oxygen atoms in total. The molecule has 0 radical (unpaired) electrons. The second-order valence-electron chi connectivity index (χ2n) is 8.56. The summed E-state index contributed by atoms with van der Waals surface area (Å²) < 4.78 is 20.0. The van der Waals surface area contributed by atoms with Gasteiger partial charge in [0.2, 0.25) is 23.4 Å². The number of nitrogens with zero attached hydrogens (tertiary/aromatic N) is 7. The number of alkyl halides is 1. The number of carbonyl (C=O) groups is 1.